The topological polar surface area (TPSA) is 80.9 Å². The Kier molecular flexibility index (Phi) is 2.82. The summed E-state index contributed by atoms with van der Waals surface area (Å²) in [5.41, 5.74) is 0.563. The van der Waals surface area contributed by atoms with Gasteiger partial charge in [-0.2, -0.15) is 0 Å². The van der Waals surface area contributed by atoms with Crippen molar-refractivity contribution in [2.24, 2.45) is 0 Å². The molecule has 0 bridgehead atoms. The predicted molar refractivity (Wildman–Crippen MR) is 55.5 cm³/mol. The van der Waals surface area contributed by atoms with Crippen molar-refractivity contribution in [1.29, 1.82) is 0 Å². The number of carboxylic acids is 1. The third kappa shape index (κ3) is 2.17. The van der Waals surface area contributed by atoms with Gasteiger partial charge < -0.3 is 5.11 Å². The van der Waals surface area contributed by atoms with Gasteiger partial charge in [0.15, 0.2) is 5.82 Å². The normalized spacial score (nSPS) is 10.3. The van der Waals surface area contributed by atoms with E-state index in [-0.39, 0.29) is 12.2 Å². The number of aliphatic carboxylic acids is 1. The molecule has 0 aliphatic carbocycles. The van der Waals surface area contributed by atoms with Gasteiger partial charge >= 0.3 is 5.97 Å². The third-order valence-corrected chi connectivity index (χ3v) is 2.15. The maximum atomic E-state index is 10.4. The summed E-state index contributed by atoms with van der Waals surface area (Å²) in [4.78, 5) is 11.6. The predicted octanol–water partition coefficient (Wildman–Crippen LogP) is 0.943. The average molecular weight is 239 g/mol. The number of hydrogen-bond donors (Lipinski definition) is 1. The number of aromatic nitrogens is 4. The molecule has 0 unspecified atom stereocenters. The molecule has 16 heavy (non-hydrogen) atoms. The Morgan fingerprint density at radius 1 is 1.44 bits per heavy atom. The van der Waals surface area contributed by atoms with Gasteiger partial charge in [-0.05, 0) is 17.3 Å². The summed E-state index contributed by atoms with van der Waals surface area (Å²) in [5.74, 6) is -0.855. The number of hydrogen-bond acceptors (Lipinski definition) is 4. The molecule has 1 aromatic heterocycles. The molecule has 1 aromatic carbocycles. The number of carbonyl (C=O) groups is 1. The maximum absolute atomic E-state index is 10.4. The lowest BCUT2D eigenvalue weighted by Crippen LogP contribution is -2.03. The molecule has 2 aromatic rings. The second-order valence-electron chi connectivity index (χ2n) is 3.02. The Morgan fingerprint density at radius 3 is 2.88 bits per heavy atom. The van der Waals surface area contributed by atoms with Crippen molar-refractivity contribution in [3.63, 3.8) is 0 Å². The van der Waals surface area contributed by atoms with E-state index in [0.717, 1.165) is 0 Å². The number of rotatable bonds is 3. The zero-order valence-electron chi connectivity index (χ0n) is 8.04. The monoisotopic (exact) mass is 238 g/mol. The molecule has 0 aliphatic rings. The van der Waals surface area contributed by atoms with E-state index in [9.17, 15) is 4.79 Å². The maximum Gasteiger partial charge on any atom is 0.311 e. The van der Waals surface area contributed by atoms with Crippen LogP contribution < -0.4 is 0 Å². The summed E-state index contributed by atoms with van der Waals surface area (Å²) < 4.78 is 0. The molecule has 0 atom stereocenters. The van der Waals surface area contributed by atoms with E-state index in [1.165, 1.54) is 4.80 Å². The lowest BCUT2D eigenvalue weighted by atomic mass is 10.3. The summed E-state index contributed by atoms with van der Waals surface area (Å²) in [5, 5.41) is 20.3. The van der Waals surface area contributed by atoms with Gasteiger partial charge in [-0.1, -0.05) is 23.7 Å². The van der Waals surface area contributed by atoms with Crippen molar-refractivity contribution in [3.05, 3.63) is 35.1 Å². The summed E-state index contributed by atoms with van der Waals surface area (Å²) in [6, 6.07) is 6.97. The minimum absolute atomic E-state index is 0.146. The van der Waals surface area contributed by atoms with E-state index in [1.54, 1.807) is 24.3 Å². The Morgan fingerprint density at radius 2 is 2.19 bits per heavy atom. The van der Waals surface area contributed by atoms with E-state index in [4.69, 9.17) is 16.7 Å². The summed E-state index contributed by atoms with van der Waals surface area (Å²) in [6.07, 6.45) is -0.259. The number of halogens is 1. The molecule has 0 aliphatic heterocycles. The second-order valence-corrected chi connectivity index (χ2v) is 3.42. The van der Waals surface area contributed by atoms with Gasteiger partial charge in [0, 0.05) is 0 Å². The van der Waals surface area contributed by atoms with Crippen LogP contribution in [0.1, 0.15) is 5.82 Å². The van der Waals surface area contributed by atoms with E-state index >= 15 is 0 Å². The van der Waals surface area contributed by atoms with Crippen molar-refractivity contribution >= 4 is 17.6 Å². The molecule has 0 radical (unpaired) electrons. The average Bonchev–Trinajstić information content (AvgIpc) is 2.66. The summed E-state index contributed by atoms with van der Waals surface area (Å²) in [6.45, 7) is 0. The molecular weight excluding hydrogens is 232 g/mol. The molecular formula is C9H7ClN4O2. The summed E-state index contributed by atoms with van der Waals surface area (Å²) in [7, 11) is 0. The van der Waals surface area contributed by atoms with Crippen LogP contribution in [-0.2, 0) is 11.2 Å². The molecule has 7 heteroatoms. The minimum Gasteiger partial charge on any atom is -0.481 e. The lowest BCUT2D eigenvalue weighted by molar-refractivity contribution is -0.136. The number of carboxylic acid groups (broad SMARTS) is 1. The van der Waals surface area contributed by atoms with Gasteiger partial charge in [0.25, 0.3) is 0 Å². The Bertz CT molecular complexity index is 526. The molecule has 0 amide bonds. The van der Waals surface area contributed by atoms with Crippen LogP contribution in [0.4, 0.5) is 0 Å². The first kappa shape index (κ1) is 10.6. The van der Waals surface area contributed by atoms with Crippen molar-refractivity contribution in [3.8, 4) is 5.69 Å². The number of tetrazole rings is 1. The molecule has 6 nitrogen and oxygen atoms in total. The fraction of sp³-hybridized carbons (Fsp3) is 0.111. The fourth-order valence-electron chi connectivity index (χ4n) is 1.17. The van der Waals surface area contributed by atoms with Crippen LogP contribution in [0.5, 0.6) is 0 Å². The van der Waals surface area contributed by atoms with Crippen molar-refractivity contribution in [2.45, 2.75) is 6.42 Å². The first-order valence-electron chi connectivity index (χ1n) is 4.42. The van der Waals surface area contributed by atoms with Crippen LogP contribution in [0.3, 0.4) is 0 Å². The lowest BCUT2D eigenvalue weighted by Gasteiger charge is -1.99. The highest BCUT2D eigenvalue weighted by molar-refractivity contribution is 6.32. The Balaban J connectivity index is 2.32. The van der Waals surface area contributed by atoms with Gasteiger partial charge in [0.2, 0.25) is 0 Å². The van der Waals surface area contributed by atoms with Crippen LogP contribution in [-0.4, -0.2) is 31.3 Å². The standard InChI is InChI=1S/C9H7ClN4O2/c10-6-3-1-2-4-7(6)14-12-8(11-13-14)5-9(15)16/h1-4H,5H2,(H,15,16). The molecule has 0 fully saturated rings. The van der Waals surface area contributed by atoms with Gasteiger partial charge in [-0.3, -0.25) is 4.79 Å². The van der Waals surface area contributed by atoms with E-state index < -0.39 is 5.97 Å². The van der Waals surface area contributed by atoms with E-state index in [0.29, 0.717) is 10.7 Å². The zero-order valence-corrected chi connectivity index (χ0v) is 8.79. The molecule has 1 N–H and O–H groups in total. The van der Waals surface area contributed by atoms with Crippen LogP contribution >= 0.6 is 11.6 Å². The molecule has 2 rings (SSSR count). The molecule has 0 saturated heterocycles. The first-order chi connectivity index (χ1) is 7.66. The SMILES string of the molecule is O=C(O)Cc1nnn(-c2ccccc2Cl)n1. The molecule has 0 saturated carbocycles. The van der Waals surface area contributed by atoms with Crippen molar-refractivity contribution in [2.75, 3.05) is 0 Å². The smallest absolute Gasteiger partial charge is 0.311 e. The van der Waals surface area contributed by atoms with Crippen molar-refractivity contribution < 1.29 is 9.90 Å². The quantitative estimate of drug-likeness (QED) is 0.861. The van der Waals surface area contributed by atoms with Crippen molar-refractivity contribution in [1.82, 2.24) is 20.2 Å². The number of para-hydroxylation sites is 1. The number of nitrogens with zero attached hydrogens (tertiary/aromatic N) is 4. The molecule has 0 spiro atoms. The van der Waals surface area contributed by atoms with Crippen LogP contribution in [0.2, 0.25) is 5.02 Å². The van der Waals surface area contributed by atoms with Gasteiger partial charge in [0.1, 0.15) is 12.1 Å². The van der Waals surface area contributed by atoms with E-state index in [2.05, 4.69) is 15.4 Å². The highest BCUT2D eigenvalue weighted by atomic mass is 35.5. The minimum atomic E-state index is -1.00. The first-order valence-corrected chi connectivity index (χ1v) is 4.80. The largest absolute Gasteiger partial charge is 0.481 e. The highest BCUT2D eigenvalue weighted by Crippen LogP contribution is 2.17. The Hall–Kier alpha value is -1.95. The second kappa shape index (κ2) is 4.28. The van der Waals surface area contributed by atoms with E-state index in [1.807, 2.05) is 0 Å². The molecule has 82 valence electrons. The van der Waals surface area contributed by atoms with Gasteiger partial charge in [-0.25, -0.2) is 0 Å². The molecule has 1 heterocycles. The van der Waals surface area contributed by atoms with Crippen LogP contribution in [0.25, 0.3) is 5.69 Å². The highest BCUT2D eigenvalue weighted by Gasteiger charge is 2.10. The van der Waals surface area contributed by atoms with Gasteiger partial charge in [-0.15, -0.1) is 15.0 Å². The van der Waals surface area contributed by atoms with Crippen LogP contribution in [0.15, 0.2) is 24.3 Å². The third-order valence-electron chi connectivity index (χ3n) is 1.83. The fourth-order valence-corrected chi connectivity index (χ4v) is 1.38. The zero-order chi connectivity index (χ0) is 11.5. The Labute approximate surface area is 95.5 Å². The summed E-state index contributed by atoms with van der Waals surface area (Å²) >= 11 is 5.93. The van der Waals surface area contributed by atoms with Gasteiger partial charge in [0.05, 0.1) is 5.02 Å². The van der Waals surface area contributed by atoms with Crippen LogP contribution in [0, 0.1) is 0 Å². The number of benzene rings is 1.